The molecule has 4 rings (SSSR count). The van der Waals surface area contributed by atoms with E-state index in [0.29, 0.717) is 23.7 Å². The van der Waals surface area contributed by atoms with E-state index in [1.54, 1.807) is 24.3 Å². The molecule has 1 aliphatic carbocycles. The second-order valence-corrected chi connectivity index (χ2v) is 8.38. The molecule has 30 heavy (non-hydrogen) atoms. The Hall–Kier alpha value is -2.37. The van der Waals surface area contributed by atoms with Gasteiger partial charge in [-0.1, -0.05) is 66.9 Å². The predicted octanol–water partition coefficient (Wildman–Crippen LogP) is 4.37. The first-order chi connectivity index (χ1) is 14.6. The number of carbonyl (C=O) groups is 2. The smallest absolute Gasteiger partial charge is 0.253 e. The van der Waals surface area contributed by atoms with Crippen LogP contribution in [0.25, 0.3) is 0 Å². The monoisotopic (exact) mass is 426 g/mol. The normalized spacial score (nSPS) is 22.1. The molecule has 1 saturated carbocycles. The fourth-order valence-electron chi connectivity index (χ4n) is 4.52. The van der Waals surface area contributed by atoms with Crippen LogP contribution in [-0.2, 0) is 9.53 Å². The molecule has 6 heteroatoms. The van der Waals surface area contributed by atoms with Gasteiger partial charge in [-0.05, 0) is 30.5 Å². The topological polar surface area (TPSA) is 58.6 Å². The van der Waals surface area contributed by atoms with Crippen LogP contribution >= 0.6 is 11.6 Å². The molecule has 2 aromatic carbocycles. The molecule has 0 unspecified atom stereocenters. The van der Waals surface area contributed by atoms with Crippen molar-refractivity contribution in [3.05, 3.63) is 70.7 Å². The van der Waals surface area contributed by atoms with Crippen LogP contribution in [-0.4, -0.2) is 42.0 Å². The standard InChI is InChI=1S/C24H27ClN2O3/c25-19-11-5-4-10-18(19)24(29)26-20(17-8-2-1-3-9-17)16-23(28)27-14-15-30-22-13-7-6-12-21(22)27/h1-5,8-11,20-22H,6-7,12-16H2,(H,26,29)/t20-,21+,22-/m1/s1. The van der Waals surface area contributed by atoms with Gasteiger partial charge >= 0.3 is 0 Å². The van der Waals surface area contributed by atoms with Gasteiger partial charge in [0.25, 0.3) is 5.91 Å². The lowest BCUT2D eigenvalue weighted by Crippen LogP contribution is -2.55. The van der Waals surface area contributed by atoms with Gasteiger partial charge in [-0.25, -0.2) is 0 Å². The molecule has 1 N–H and O–H groups in total. The molecule has 0 spiro atoms. The van der Waals surface area contributed by atoms with E-state index in [9.17, 15) is 9.59 Å². The van der Waals surface area contributed by atoms with E-state index < -0.39 is 6.04 Å². The lowest BCUT2D eigenvalue weighted by atomic mass is 9.89. The largest absolute Gasteiger partial charge is 0.374 e. The van der Waals surface area contributed by atoms with Crippen molar-refractivity contribution < 1.29 is 14.3 Å². The summed E-state index contributed by atoms with van der Waals surface area (Å²) in [5.41, 5.74) is 1.31. The average Bonchev–Trinajstić information content (AvgIpc) is 2.79. The quantitative estimate of drug-likeness (QED) is 0.772. The predicted molar refractivity (Wildman–Crippen MR) is 116 cm³/mol. The Labute approximate surface area is 182 Å². The molecule has 3 atom stereocenters. The third kappa shape index (κ3) is 4.68. The molecule has 2 amide bonds. The van der Waals surface area contributed by atoms with Gasteiger partial charge in [0.15, 0.2) is 0 Å². The summed E-state index contributed by atoms with van der Waals surface area (Å²) in [7, 11) is 0. The molecule has 158 valence electrons. The van der Waals surface area contributed by atoms with Crippen molar-refractivity contribution >= 4 is 23.4 Å². The minimum absolute atomic E-state index is 0.0588. The number of fused-ring (bicyclic) bond motifs is 1. The molecular weight excluding hydrogens is 400 g/mol. The highest BCUT2D eigenvalue weighted by Crippen LogP contribution is 2.30. The van der Waals surface area contributed by atoms with Crippen LogP contribution in [0.2, 0.25) is 5.02 Å². The number of halogens is 1. The van der Waals surface area contributed by atoms with Crippen molar-refractivity contribution in [2.24, 2.45) is 0 Å². The Morgan fingerprint density at radius 1 is 1.07 bits per heavy atom. The summed E-state index contributed by atoms with van der Waals surface area (Å²) in [5.74, 6) is -0.219. The molecule has 2 fully saturated rings. The van der Waals surface area contributed by atoms with Crippen LogP contribution < -0.4 is 5.32 Å². The molecule has 0 bridgehead atoms. The van der Waals surface area contributed by atoms with E-state index in [1.807, 2.05) is 35.2 Å². The fourth-order valence-corrected chi connectivity index (χ4v) is 4.74. The number of nitrogens with zero attached hydrogens (tertiary/aromatic N) is 1. The van der Waals surface area contributed by atoms with Crippen LogP contribution in [0.4, 0.5) is 0 Å². The highest BCUT2D eigenvalue weighted by atomic mass is 35.5. The lowest BCUT2D eigenvalue weighted by molar-refractivity contribution is -0.150. The maximum Gasteiger partial charge on any atom is 0.253 e. The highest BCUT2D eigenvalue weighted by molar-refractivity contribution is 6.33. The van der Waals surface area contributed by atoms with Gasteiger partial charge in [-0.15, -0.1) is 0 Å². The van der Waals surface area contributed by atoms with Crippen molar-refractivity contribution in [2.75, 3.05) is 13.2 Å². The van der Waals surface area contributed by atoms with Crippen molar-refractivity contribution in [2.45, 2.75) is 50.3 Å². The van der Waals surface area contributed by atoms with Gasteiger partial charge in [-0.3, -0.25) is 9.59 Å². The summed E-state index contributed by atoms with van der Waals surface area (Å²) in [6, 6.07) is 16.3. The number of carbonyl (C=O) groups excluding carboxylic acids is 2. The Bertz CT molecular complexity index is 887. The van der Waals surface area contributed by atoms with Crippen LogP contribution in [0.3, 0.4) is 0 Å². The minimum Gasteiger partial charge on any atom is -0.374 e. The van der Waals surface area contributed by atoms with E-state index in [4.69, 9.17) is 16.3 Å². The third-order valence-electron chi connectivity index (χ3n) is 6.06. The maximum atomic E-state index is 13.3. The van der Waals surface area contributed by atoms with Crippen LogP contribution in [0.1, 0.15) is 54.1 Å². The van der Waals surface area contributed by atoms with Gasteiger partial charge in [0.2, 0.25) is 5.91 Å². The van der Waals surface area contributed by atoms with Gasteiger partial charge in [-0.2, -0.15) is 0 Å². The number of benzene rings is 2. The van der Waals surface area contributed by atoms with Gasteiger partial charge in [0.05, 0.1) is 41.8 Å². The molecule has 5 nitrogen and oxygen atoms in total. The van der Waals surface area contributed by atoms with E-state index in [-0.39, 0.29) is 30.4 Å². The third-order valence-corrected chi connectivity index (χ3v) is 6.39. The molecule has 0 aromatic heterocycles. The Morgan fingerprint density at radius 2 is 1.80 bits per heavy atom. The minimum atomic E-state index is -0.424. The summed E-state index contributed by atoms with van der Waals surface area (Å²) in [4.78, 5) is 28.2. The van der Waals surface area contributed by atoms with Crippen LogP contribution in [0.5, 0.6) is 0 Å². The van der Waals surface area contributed by atoms with Crippen molar-refractivity contribution in [3.8, 4) is 0 Å². The molecule has 0 radical (unpaired) electrons. The number of hydrogen-bond donors (Lipinski definition) is 1. The number of rotatable bonds is 5. The van der Waals surface area contributed by atoms with Gasteiger partial charge in [0.1, 0.15) is 0 Å². The molecule has 1 aliphatic heterocycles. The summed E-state index contributed by atoms with van der Waals surface area (Å²) in [6.45, 7) is 1.19. The summed E-state index contributed by atoms with van der Waals surface area (Å²) in [5, 5.41) is 3.43. The van der Waals surface area contributed by atoms with Crippen molar-refractivity contribution in [3.63, 3.8) is 0 Å². The van der Waals surface area contributed by atoms with E-state index in [1.165, 1.54) is 0 Å². The Balaban J connectivity index is 1.52. The van der Waals surface area contributed by atoms with Crippen molar-refractivity contribution in [1.29, 1.82) is 0 Å². The zero-order valence-corrected chi connectivity index (χ0v) is 17.7. The second-order valence-electron chi connectivity index (χ2n) is 7.97. The molecule has 1 heterocycles. The Morgan fingerprint density at radius 3 is 2.60 bits per heavy atom. The lowest BCUT2D eigenvalue weighted by Gasteiger charge is -2.44. The zero-order valence-electron chi connectivity index (χ0n) is 16.9. The van der Waals surface area contributed by atoms with Crippen LogP contribution in [0, 0.1) is 0 Å². The summed E-state index contributed by atoms with van der Waals surface area (Å²) < 4.78 is 5.91. The van der Waals surface area contributed by atoms with E-state index in [2.05, 4.69) is 5.32 Å². The number of morpholine rings is 1. The first-order valence-electron chi connectivity index (χ1n) is 10.6. The number of nitrogens with one attached hydrogen (secondary N) is 1. The first-order valence-corrected chi connectivity index (χ1v) is 11.0. The number of amides is 2. The number of hydrogen-bond acceptors (Lipinski definition) is 3. The SMILES string of the molecule is O=C(N[C@H](CC(=O)N1CCO[C@@H]2CCCC[C@@H]21)c1ccccc1)c1ccccc1Cl. The molecule has 2 aromatic rings. The van der Waals surface area contributed by atoms with Gasteiger partial charge in [0, 0.05) is 6.54 Å². The van der Waals surface area contributed by atoms with Crippen molar-refractivity contribution in [1.82, 2.24) is 10.2 Å². The fraction of sp³-hybridized carbons (Fsp3) is 0.417. The summed E-state index contributed by atoms with van der Waals surface area (Å²) in [6.07, 6.45) is 4.63. The average molecular weight is 427 g/mol. The van der Waals surface area contributed by atoms with E-state index in [0.717, 1.165) is 31.2 Å². The molecular formula is C24H27ClN2O3. The number of ether oxygens (including phenoxy) is 1. The highest BCUT2D eigenvalue weighted by Gasteiger charge is 2.37. The van der Waals surface area contributed by atoms with E-state index >= 15 is 0 Å². The Kier molecular flexibility index (Phi) is 6.70. The zero-order chi connectivity index (χ0) is 20.9. The summed E-state index contributed by atoms with van der Waals surface area (Å²) >= 11 is 6.20. The second kappa shape index (κ2) is 9.63. The van der Waals surface area contributed by atoms with Crippen LogP contribution in [0.15, 0.2) is 54.6 Å². The molecule has 2 aliphatic rings. The maximum absolute atomic E-state index is 13.3. The van der Waals surface area contributed by atoms with Gasteiger partial charge < -0.3 is 15.0 Å². The molecule has 1 saturated heterocycles. The first kappa shape index (κ1) is 20.9.